The number of rotatable bonds is 4. The van der Waals surface area contributed by atoms with Crippen LogP contribution in [0.15, 0.2) is 42.7 Å². The normalized spacial score (nSPS) is 25.8. The van der Waals surface area contributed by atoms with Gasteiger partial charge in [-0.3, -0.25) is 0 Å². The van der Waals surface area contributed by atoms with Crippen molar-refractivity contribution in [2.75, 3.05) is 11.9 Å². The van der Waals surface area contributed by atoms with Crippen molar-refractivity contribution < 1.29 is 9.50 Å². The second kappa shape index (κ2) is 7.64. The quantitative estimate of drug-likeness (QED) is 0.684. The van der Waals surface area contributed by atoms with Crippen molar-refractivity contribution in [3.8, 4) is 22.7 Å². The summed E-state index contributed by atoms with van der Waals surface area (Å²) in [5, 5.41) is 30.6. The highest BCUT2D eigenvalue weighted by Crippen LogP contribution is 2.33. The number of alkyl halides is 1. The monoisotopic (exact) mass is 409 g/mol. The van der Waals surface area contributed by atoms with E-state index in [1.165, 1.54) is 4.80 Å². The largest absolute Gasteiger partial charge is 0.507 e. The lowest BCUT2D eigenvalue weighted by atomic mass is 9.82. The zero-order chi connectivity index (χ0) is 20.7. The van der Waals surface area contributed by atoms with E-state index in [9.17, 15) is 5.11 Å². The van der Waals surface area contributed by atoms with Crippen LogP contribution in [0.2, 0.25) is 0 Å². The standard InChI is InChI=1S/C21H24FN7O/c1-28(18-11-13-3-2-4-17(25-13)21(18)22)20-8-7-16(26-27-20)15-6-5-14(12-19(15)30)29-23-9-10-24-29/h5-10,12-13,17-18,21,25,30H,2-4,11H2,1H3/t13-,17+,18-,21+/m1/s1. The van der Waals surface area contributed by atoms with Gasteiger partial charge in [0, 0.05) is 30.8 Å². The first-order valence-corrected chi connectivity index (χ1v) is 10.3. The first-order valence-electron chi connectivity index (χ1n) is 10.3. The average molecular weight is 409 g/mol. The Balaban J connectivity index is 1.35. The molecule has 2 aliphatic heterocycles. The van der Waals surface area contributed by atoms with E-state index in [4.69, 9.17) is 0 Å². The van der Waals surface area contributed by atoms with E-state index >= 15 is 4.39 Å². The Labute approximate surface area is 173 Å². The molecule has 9 heteroatoms. The number of hydrogen-bond acceptors (Lipinski definition) is 7. The van der Waals surface area contributed by atoms with Gasteiger partial charge >= 0.3 is 0 Å². The molecule has 2 aliphatic rings. The molecule has 0 radical (unpaired) electrons. The van der Waals surface area contributed by atoms with Crippen LogP contribution in [0.4, 0.5) is 10.2 Å². The Kier molecular flexibility index (Phi) is 4.82. The third-order valence-corrected chi connectivity index (χ3v) is 6.21. The molecule has 30 heavy (non-hydrogen) atoms. The summed E-state index contributed by atoms with van der Waals surface area (Å²) in [6, 6.07) is 8.86. The molecule has 2 fully saturated rings. The van der Waals surface area contributed by atoms with Gasteiger partial charge in [-0.15, -0.1) is 10.2 Å². The Morgan fingerprint density at radius 2 is 1.97 bits per heavy atom. The summed E-state index contributed by atoms with van der Waals surface area (Å²) in [6.45, 7) is 0. The van der Waals surface area contributed by atoms with Crippen molar-refractivity contribution in [3.05, 3.63) is 42.7 Å². The third kappa shape index (κ3) is 3.39. The maximum atomic E-state index is 15.0. The summed E-state index contributed by atoms with van der Waals surface area (Å²) in [5.74, 6) is 0.693. The molecule has 2 N–H and O–H groups in total. The number of aromatic nitrogens is 5. The molecule has 8 nitrogen and oxygen atoms in total. The fourth-order valence-electron chi connectivity index (χ4n) is 4.59. The van der Waals surface area contributed by atoms with Crippen LogP contribution in [0, 0.1) is 0 Å². The molecule has 4 atom stereocenters. The minimum atomic E-state index is -0.930. The molecule has 0 unspecified atom stereocenters. The Morgan fingerprint density at radius 3 is 2.70 bits per heavy atom. The number of anilines is 1. The van der Waals surface area contributed by atoms with E-state index in [1.807, 2.05) is 18.0 Å². The maximum Gasteiger partial charge on any atom is 0.151 e. The van der Waals surface area contributed by atoms with Crippen LogP contribution in [0.5, 0.6) is 5.75 Å². The fourth-order valence-corrected chi connectivity index (χ4v) is 4.59. The second-order valence-electron chi connectivity index (χ2n) is 8.06. The van der Waals surface area contributed by atoms with Gasteiger partial charge in [-0.25, -0.2) is 4.39 Å². The fraction of sp³-hybridized carbons (Fsp3) is 0.429. The number of piperidine rings is 2. The molecule has 156 valence electrons. The first kappa shape index (κ1) is 18.9. The second-order valence-corrected chi connectivity index (χ2v) is 8.06. The number of aromatic hydroxyl groups is 1. The summed E-state index contributed by atoms with van der Waals surface area (Å²) in [6.07, 6.45) is 6.05. The maximum absolute atomic E-state index is 15.0. The van der Waals surface area contributed by atoms with E-state index < -0.39 is 6.17 Å². The van der Waals surface area contributed by atoms with Gasteiger partial charge in [0.1, 0.15) is 11.9 Å². The zero-order valence-corrected chi connectivity index (χ0v) is 16.7. The van der Waals surface area contributed by atoms with Crippen molar-refractivity contribution >= 4 is 5.82 Å². The number of nitrogens with one attached hydrogen (secondary N) is 1. The van der Waals surface area contributed by atoms with Crippen molar-refractivity contribution in [3.63, 3.8) is 0 Å². The number of nitrogens with zero attached hydrogens (tertiary/aromatic N) is 6. The first-order chi connectivity index (χ1) is 14.6. The van der Waals surface area contributed by atoms with Crippen LogP contribution in [-0.2, 0) is 0 Å². The Morgan fingerprint density at radius 1 is 1.13 bits per heavy atom. The predicted molar refractivity (Wildman–Crippen MR) is 110 cm³/mol. The summed E-state index contributed by atoms with van der Waals surface area (Å²) in [5.41, 5.74) is 1.76. The van der Waals surface area contributed by atoms with Crippen LogP contribution in [0.1, 0.15) is 25.7 Å². The predicted octanol–water partition coefficient (Wildman–Crippen LogP) is 2.49. The van der Waals surface area contributed by atoms with Crippen molar-refractivity contribution in [1.29, 1.82) is 0 Å². The average Bonchev–Trinajstić information content (AvgIpc) is 3.31. The number of fused-ring (bicyclic) bond motifs is 2. The van der Waals surface area contributed by atoms with Gasteiger partial charge in [0.15, 0.2) is 5.82 Å². The number of halogens is 1. The number of phenolic OH excluding ortho intramolecular Hbond substituents is 1. The highest BCUT2D eigenvalue weighted by Gasteiger charge is 2.41. The molecule has 1 aromatic carbocycles. The van der Waals surface area contributed by atoms with E-state index in [0.717, 1.165) is 25.7 Å². The number of benzene rings is 1. The van der Waals surface area contributed by atoms with Gasteiger partial charge in [-0.05, 0) is 43.5 Å². The smallest absolute Gasteiger partial charge is 0.151 e. The lowest BCUT2D eigenvalue weighted by Crippen LogP contribution is -2.61. The SMILES string of the molecule is CN(c1ccc(-c2ccc(-n3nccn3)cc2O)nn1)[C@@H]1C[C@H]2CCC[C@H](N2)[C@@H]1F. The molecule has 4 heterocycles. The molecule has 0 aliphatic carbocycles. The summed E-state index contributed by atoms with van der Waals surface area (Å²) >= 11 is 0. The highest BCUT2D eigenvalue weighted by molar-refractivity contribution is 5.68. The molecule has 2 aromatic heterocycles. The van der Waals surface area contributed by atoms with Gasteiger partial charge < -0.3 is 15.3 Å². The van der Waals surface area contributed by atoms with Gasteiger partial charge in [-0.1, -0.05) is 6.42 Å². The van der Waals surface area contributed by atoms with Crippen LogP contribution >= 0.6 is 0 Å². The summed E-state index contributed by atoms with van der Waals surface area (Å²) in [7, 11) is 1.88. The van der Waals surface area contributed by atoms with Crippen LogP contribution in [-0.4, -0.2) is 61.6 Å². The highest BCUT2D eigenvalue weighted by atomic mass is 19.1. The van der Waals surface area contributed by atoms with Gasteiger partial charge in [0.05, 0.1) is 29.8 Å². The molecule has 0 amide bonds. The Hall–Kier alpha value is -3.07. The van der Waals surface area contributed by atoms with E-state index in [0.29, 0.717) is 28.8 Å². The molecule has 0 spiro atoms. The lowest BCUT2D eigenvalue weighted by Gasteiger charge is -2.46. The van der Waals surface area contributed by atoms with E-state index in [1.54, 1.807) is 36.7 Å². The lowest BCUT2D eigenvalue weighted by molar-refractivity contribution is 0.107. The minimum absolute atomic E-state index is 0.0650. The van der Waals surface area contributed by atoms with Crippen LogP contribution in [0.25, 0.3) is 16.9 Å². The summed E-state index contributed by atoms with van der Waals surface area (Å²) < 4.78 is 15.0. The van der Waals surface area contributed by atoms with Gasteiger partial charge in [0.25, 0.3) is 0 Å². The Bertz CT molecular complexity index is 1010. The van der Waals surface area contributed by atoms with E-state index in [-0.39, 0.29) is 17.8 Å². The molecular formula is C21H24FN7O. The third-order valence-electron chi connectivity index (χ3n) is 6.21. The molecule has 3 aromatic rings. The van der Waals surface area contributed by atoms with Crippen molar-refractivity contribution in [2.24, 2.45) is 0 Å². The molecule has 2 saturated heterocycles. The van der Waals surface area contributed by atoms with Crippen LogP contribution < -0.4 is 10.2 Å². The number of phenols is 1. The molecule has 0 saturated carbocycles. The minimum Gasteiger partial charge on any atom is -0.507 e. The molecule has 2 bridgehead atoms. The zero-order valence-electron chi connectivity index (χ0n) is 16.7. The number of hydrogen-bond donors (Lipinski definition) is 2. The topological polar surface area (TPSA) is 92.0 Å². The van der Waals surface area contributed by atoms with Crippen LogP contribution in [0.3, 0.4) is 0 Å². The van der Waals surface area contributed by atoms with Crippen molar-refractivity contribution in [2.45, 2.75) is 50.0 Å². The van der Waals surface area contributed by atoms with E-state index in [2.05, 4.69) is 25.7 Å². The van der Waals surface area contributed by atoms with Crippen molar-refractivity contribution in [1.82, 2.24) is 30.5 Å². The van der Waals surface area contributed by atoms with Gasteiger partial charge in [0.2, 0.25) is 0 Å². The summed E-state index contributed by atoms with van der Waals surface area (Å²) in [4.78, 5) is 3.33. The molecular weight excluding hydrogens is 385 g/mol. The van der Waals surface area contributed by atoms with Gasteiger partial charge in [-0.2, -0.15) is 15.0 Å². The molecule has 5 rings (SSSR count).